The molecule has 2 nitrogen and oxygen atoms in total. The average Bonchev–Trinajstić information content (AvgIpc) is 2.68. The van der Waals surface area contributed by atoms with E-state index in [0.717, 1.165) is 28.5 Å². The molecule has 0 bridgehead atoms. The zero-order valence-corrected chi connectivity index (χ0v) is 17.1. The molecule has 0 aliphatic carbocycles. The molecule has 0 saturated heterocycles. The van der Waals surface area contributed by atoms with Crippen molar-refractivity contribution in [3.05, 3.63) is 72.2 Å². The van der Waals surface area contributed by atoms with Crippen molar-refractivity contribution in [2.24, 2.45) is 12.5 Å². The van der Waals surface area contributed by atoms with Gasteiger partial charge in [0.2, 0.25) is 5.69 Å². The lowest BCUT2D eigenvalue weighted by Crippen LogP contribution is -2.46. The van der Waals surface area contributed by atoms with Crippen molar-refractivity contribution in [1.82, 2.24) is 4.98 Å². The van der Waals surface area contributed by atoms with Crippen LogP contribution in [0.25, 0.3) is 22.4 Å². The van der Waals surface area contributed by atoms with Crippen LogP contribution in [0.4, 0.5) is 22.0 Å². The third kappa shape index (κ3) is 3.68. The first-order chi connectivity index (χ1) is 13.9. The van der Waals surface area contributed by atoms with Gasteiger partial charge in [0.25, 0.3) is 0 Å². The number of hydrogen-bond acceptors (Lipinski definition) is 1. The van der Waals surface area contributed by atoms with Gasteiger partial charge in [-0.25, -0.2) is 4.57 Å². The third-order valence-corrected chi connectivity index (χ3v) is 5.48. The smallest absolute Gasteiger partial charge is 0.254 e. The summed E-state index contributed by atoms with van der Waals surface area (Å²) in [5, 5.41) is 0. The summed E-state index contributed by atoms with van der Waals surface area (Å²) in [4.78, 5) is 3.69. The first-order valence-electron chi connectivity index (χ1n) is 9.33. The van der Waals surface area contributed by atoms with Crippen LogP contribution in [0, 0.1) is 12.3 Å². The molecule has 30 heavy (non-hydrogen) atoms. The molecule has 2 aromatic heterocycles. The summed E-state index contributed by atoms with van der Waals surface area (Å²) >= 11 is 0. The van der Waals surface area contributed by atoms with Crippen LogP contribution in [0.1, 0.15) is 25.1 Å². The number of aryl methyl sites for hydroxylation is 2. The molecule has 7 heteroatoms. The molecule has 0 aliphatic heterocycles. The number of halogens is 5. The number of aromatic nitrogens is 2. The largest absolute Gasteiger partial charge is 0.400 e. The Morgan fingerprint density at radius 3 is 2.10 bits per heavy atom. The second kappa shape index (κ2) is 7.45. The minimum Gasteiger partial charge on any atom is -0.254 e. The number of nitrogens with zero attached hydrogens (tertiary/aromatic N) is 2. The summed E-state index contributed by atoms with van der Waals surface area (Å²) in [5.74, 6) is -4.17. The van der Waals surface area contributed by atoms with Crippen LogP contribution in [-0.4, -0.2) is 11.2 Å². The van der Waals surface area contributed by atoms with Crippen LogP contribution in [0.3, 0.4) is 0 Å². The highest BCUT2D eigenvalue weighted by Crippen LogP contribution is 2.53. The molecule has 0 amide bonds. The minimum atomic E-state index is -5.08. The predicted octanol–water partition coefficient (Wildman–Crippen LogP) is 6.23. The standard InChI is InChI=1S/C23H22F5N2/c1-15-7-5-6-8-18(15)19-13-16(11-12-30(19)4)17-9-10-20(29-14-17)22(24,25)21(2,3)23(26,27)28/h5-14H,1-4H3/q+1. The van der Waals surface area contributed by atoms with Crippen molar-refractivity contribution >= 4 is 0 Å². The average molecular weight is 421 g/mol. The topological polar surface area (TPSA) is 16.8 Å². The van der Waals surface area contributed by atoms with Gasteiger partial charge in [-0.05, 0) is 44.0 Å². The van der Waals surface area contributed by atoms with Crippen LogP contribution in [0.15, 0.2) is 60.9 Å². The molecule has 3 rings (SSSR count). The van der Waals surface area contributed by atoms with E-state index in [2.05, 4.69) is 4.98 Å². The number of hydrogen-bond donors (Lipinski definition) is 0. The molecule has 0 radical (unpaired) electrons. The van der Waals surface area contributed by atoms with Crippen LogP contribution in [0.2, 0.25) is 0 Å². The highest BCUT2D eigenvalue weighted by Gasteiger charge is 2.64. The lowest BCUT2D eigenvalue weighted by molar-refractivity contribution is -0.660. The minimum absolute atomic E-state index is 0.480. The van der Waals surface area contributed by atoms with E-state index in [-0.39, 0.29) is 0 Å². The summed E-state index contributed by atoms with van der Waals surface area (Å²) in [6, 6.07) is 13.9. The Balaban J connectivity index is 2.00. The van der Waals surface area contributed by atoms with Gasteiger partial charge in [-0.2, -0.15) is 22.0 Å². The summed E-state index contributed by atoms with van der Waals surface area (Å²) in [6.45, 7) is 2.95. The molecule has 0 saturated carbocycles. The highest BCUT2D eigenvalue weighted by atomic mass is 19.4. The van der Waals surface area contributed by atoms with Crippen LogP contribution in [0.5, 0.6) is 0 Å². The highest BCUT2D eigenvalue weighted by molar-refractivity contribution is 5.69. The molecule has 0 atom stereocenters. The van der Waals surface area contributed by atoms with Crippen LogP contribution >= 0.6 is 0 Å². The molecule has 0 unspecified atom stereocenters. The van der Waals surface area contributed by atoms with E-state index in [1.165, 1.54) is 12.3 Å². The van der Waals surface area contributed by atoms with E-state index >= 15 is 0 Å². The van der Waals surface area contributed by atoms with Gasteiger partial charge in [0.15, 0.2) is 6.20 Å². The Morgan fingerprint density at radius 2 is 1.53 bits per heavy atom. The van der Waals surface area contributed by atoms with Crippen molar-refractivity contribution in [1.29, 1.82) is 0 Å². The summed E-state index contributed by atoms with van der Waals surface area (Å²) in [5.41, 5.74) is 0.121. The SMILES string of the molecule is Cc1ccccc1-c1cc(-c2ccc(C(F)(F)C(C)(C)C(F)(F)F)nc2)cc[n+]1C. The Bertz CT molecular complexity index is 1050. The molecular weight excluding hydrogens is 399 g/mol. The fourth-order valence-electron chi connectivity index (χ4n) is 3.13. The molecule has 1 aromatic carbocycles. The Kier molecular flexibility index (Phi) is 5.43. The summed E-state index contributed by atoms with van der Waals surface area (Å²) < 4.78 is 70.4. The fourth-order valence-corrected chi connectivity index (χ4v) is 3.13. The van der Waals surface area contributed by atoms with Gasteiger partial charge in [-0.3, -0.25) is 4.98 Å². The summed E-state index contributed by atoms with van der Waals surface area (Å²) in [7, 11) is 1.90. The molecule has 3 aromatic rings. The molecule has 0 aliphatic rings. The quantitative estimate of drug-likeness (QED) is 0.361. The zero-order valence-electron chi connectivity index (χ0n) is 17.1. The Labute approximate surface area is 172 Å². The number of benzene rings is 1. The van der Waals surface area contributed by atoms with Crippen molar-refractivity contribution in [2.45, 2.75) is 32.9 Å². The molecule has 2 heterocycles. The van der Waals surface area contributed by atoms with Gasteiger partial charge >= 0.3 is 12.1 Å². The van der Waals surface area contributed by atoms with E-state index < -0.39 is 23.2 Å². The molecule has 0 fully saturated rings. The van der Waals surface area contributed by atoms with Gasteiger partial charge in [-0.15, -0.1) is 0 Å². The maximum atomic E-state index is 14.6. The van der Waals surface area contributed by atoms with E-state index in [1.807, 2.05) is 55.1 Å². The maximum absolute atomic E-state index is 14.6. The van der Waals surface area contributed by atoms with Crippen molar-refractivity contribution in [3.8, 4) is 22.4 Å². The lowest BCUT2D eigenvalue weighted by Gasteiger charge is -2.35. The Morgan fingerprint density at radius 1 is 0.867 bits per heavy atom. The molecular formula is C23H22F5N2+. The number of pyridine rings is 2. The third-order valence-electron chi connectivity index (χ3n) is 5.48. The van der Waals surface area contributed by atoms with Gasteiger partial charge in [-0.1, -0.05) is 24.3 Å². The van der Waals surface area contributed by atoms with Crippen molar-refractivity contribution in [3.63, 3.8) is 0 Å². The second-order valence-corrected chi connectivity index (χ2v) is 7.86. The first kappa shape index (κ1) is 21.9. The Hall–Kier alpha value is -2.83. The first-order valence-corrected chi connectivity index (χ1v) is 9.33. The second-order valence-electron chi connectivity index (χ2n) is 7.86. The van der Waals surface area contributed by atoms with Gasteiger partial charge < -0.3 is 0 Å². The zero-order chi connectivity index (χ0) is 22.3. The van der Waals surface area contributed by atoms with Gasteiger partial charge in [0.05, 0.1) is 0 Å². The van der Waals surface area contributed by atoms with Crippen LogP contribution in [-0.2, 0) is 13.0 Å². The molecule has 0 N–H and O–H groups in total. The normalized spacial score (nSPS) is 12.8. The molecule has 158 valence electrons. The fraction of sp³-hybridized carbons (Fsp3) is 0.304. The van der Waals surface area contributed by atoms with E-state index in [0.29, 0.717) is 19.4 Å². The van der Waals surface area contributed by atoms with Crippen LogP contribution < -0.4 is 4.57 Å². The van der Waals surface area contributed by atoms with Crippen molar-refractivity contribution in [2.75, 3.05) is 0 Å². The van der Waals surface area contributed by atoms with Gasteiger partial charge in [0.1, 0.15) is 18.2 Å². The monoisotopic (exact) mass is 421 g/mol. The lowest BCUT2D eigenvalue weighted by atomic mass is 9.82. The van der Waals surface area contributed by atoms with E-state index in [9.17, 15) is 22.0 Å². The van der Waals surface area contributed by atoms with Crippen molar-refractivity contribution < 1.29 is 26.5 Å². The predicted molar refractivity (Wildman–Crippen MR) is 105 cm³/mol. The van der Waals surface area contributed by atoms with E-state index in [1.54, 1.807) is 6.07 Å². The maximum Gasteiger partial charge on any atom is 0.400 e. The number of alkyl halides is 5. The molecule has 0 spiro atoms. The summed E-state index contributed by atoms with van der Waals surface area (Å²) in [6.07, 6.45) is -2.05. The van der Waals surface area contributed by atoms with E-state index in [4.69, 9.17) is 0 Å². The van der Waals surface area contributed by atoms with Gasteiger partial charge in [0, 0.05) is 29.5 Å². The number of rotatable bonds is 4.